The predicted molar refractivity (Wildman–Crippen MR) is 96.4 cm³/mol. The second kappa shape index (κ2) is 6.70. The molecule has 2 N–H and O–H groups in total. The fraction of sp³-hybridized carbons (Fsp3) is 0.471. The number of thiophene rings is 1. The second-order valence-corrected chi connectivity index (χ2v) is 7.52. The Balaban J connectivity index is 1.40. The third-order valence-electron chi connectivity index (χ3n) is 4.94. The highest BCUT2D eigenvalue weighted by Crippen LogP contribution is 2.30. The summed E-state index contributed by atoms with van der Waals surface area (Å²) in [6.45, 7) is 2.38. The summed E-state index contributed by atoms with van der Waals surface area (Å²) in [7, 11) is 1.91. The van der Waals surface area contributed by atoms with Gasteiger partial charge < -0.3 is 14.7 Å². The van der Waals surface area contributed by atoms with E-state index in [1.54, 1.807) is 6.20 Å². The molecule has 3 aromatic rings. The molecule has 0 amide bonds. The van der Waals surface area contributed by atoms with Gasteiger partial charge in [-0.3, -0.25) is 9.69 Å². The first-order valence-corrected chi connectivity index (χ1v) is 9.34. The summed E-state index contributed by atoms with van der Waals surface area (Å²) in [4.78, 5) is 26.0. The lowest BCUT2D eigenvalue weighted by molar-refractivity contribution is 0.0486. The number of H-pyrrole nitrogens is 1. The summed E-state index contributed by atoms with van der Waals surface area (Å²) in [5.74, 6) is 1.65. The summed E-state index contributed by atoms with van der Waals surface area (Å²) < 4.78 is 2.56. The molecule has 4 heterocycles. The number of aryl methyl sites for hydroxylation is 1. The number of hydrogen-bond donors (Lipinski definition) is 2. The third-order valence-corrected chi connectivity index (χ3v) is 5.84. The normalized spacial score (nSPS) is 18.0. The Morgan fingerprint density at radius 3 is 2.96 bits per heavy atom. The van der Waals surface area contributed by atoms with Crippen LogP contribution in [0.1, 0.15) is 30.6 Å². The van der Waals surface area contributed by atoms with Crippen LogP contribution >= 0.6 is 11.3 Å². The van der Waals surface area contributed by atoms with Crippen molar-refractivity contribution in [2.24, 2.45) is 13.0 Å². The van der Waals surface area contributed by atoms with Crippen molar-refractivity contribution in [3.63, 3.8) is 0 Å². The monoisotopic (exact) mass is 359 g/mol. The molecule has 0 saturated carbocycles. The minimum absolute atomic E-state index is 0.0601. The Bertz CT molecular complexity index is 922. The summed E-state index contributed by atoms with van der Waals surface area (Å²) in [6.07, 6.45) is 4.85. The third kappa shape index (κ3) is 3.24. The highest BCUT2D eigenvalue weighted by atomic mass is 32.1. The van der Waals surface area contributed by atoms with Crippen molar-refractivity contribution in [1.82, 2.24) is 24.4 Å². The molecule has 1 saturated heterocycles. The number of aromatic amines is 1. The molecule has 8 heteroatoms. The van der Waals surface area contributed by atoms with Gasteiger partial charge in [-0.2, -0.15) is 0 Å². The van der Waals surface area contributed by atoms with Gasteiger partial charge in [-0.15, -0.1) is 11.3 Å². The van der Waals surface area contributed by atoms with E-state index in [2.05, 4.69) is 19.9 Å². The number of piperidine rings is 1. The van der Waals surface area contributed by atoms with E-state index in [1.807, 2.05) is 29.3 Å². The van der Waals surface area contributed by atoms with Crippen LogP contribution in [0, 0.1) is 5.92 Å². The SMILES string of the molecule is Cn1ccnc1[C@@H](O)C1CCN(Cc2nc3ccsc3c(=O)[nH]2)CC1. The van der Waals surface area contributed by atoms with E-state index in [-0.39, 0.29) is 11.5 Å². The van der Waals surface area contributed by atoms with E-state index in [0.29, 0.717) is 17.1 Å². The minimum Gasteiger partial charge on any atom is -0.385 e. The van der Waals surface area contributed by atoms with Crippen LogP contribution in [0.15, 0.2) is 28.6 Å². The highest BCUT2D eigenvalue weighted by Gasteiger charge is 2.28. The molecule has 1 aliphatic heterocycles. The lowest BCUT2D eigenvalue weighted by Gasteiger charge is -2.33. The molecule has 1 atom stereocenters. The van der Waals surface area contributed by atoms with Crippen molar-refractivity contribution in [2.45, 2.75) is 25.5 Å². The molecule has 1 aliphatic rings. The number of aromatic nitrogens is 4. The summed E-state index contributed by atoms with van der Waals surface area (Å²) in [6, 6.07) is 1.88. The molecule has 0 bridgehead atoms. The molecule has 4 rings (SSSR count). The first-order valence-electron chi connectivity index (χ1n) is 8.46. The molecule has 0 aromatic carbocycles. The quantitative estimate of drug-likeness (QED) is 0.740. The maximum absolute atomic E-state index is 12.1. The standard InChI is InChI=1S/C17H21N5O2S/c1-21-8-5-18-16(21)14(23)11-2-6-22(7-3-11)10-13-19-12-4-9-25-15(12)17(24)20-13/h4-5,8-9,11,14,23H,2-3,6-7,10H2,1H3,(H,19,20,24)/t14-/m0/s1. The molecular weight excluding hydrogens is 338 g/mol. The number of likely N-dealkylation sites (tertiary alicyclic amines) is 1. The number of nitrogens with zero attached hydrogens (tertiary/aromatic N) is 4. The number of nitrogens with one attached hydrogen (secondary N) is 1. The molecule has 0 radical (unpaired) electrons. The minimum atomic E-state index is -0.526. The molecule has 0 unspecified atom stereocenters. The summed E-state index contributed by atoms with van der Waals surface area (Å²) in [5, 5.41) is 12.5. The van der Waals surface area contributed by atoms with E-state index in [4.69, 9.17) is 0 Å². The van der Waals surface area contributed by atoms with Gasteiger partial charge in [0, 0.05) is 19.4 Å². The number of hydrogen-bond acceptors (Lipinski definition) is 6. The van der Waals surface area contributed by atoms with Crippen molar-refractivity contribution >= 4 is 21.6 Å². The van der Waals surface area contributed by atoms with E-state index < -0.39 is 6.10 Å². The Kier molecular flexibility index (Phi) is 4.41. The zero-order valence-corrected chi connectivity index (χ0v) is 14.9. The molecule has 0 spiro atoms. The van der Waals surface area contributed by atoms with Gasteiger partial charge in [0.2, 0.25) is 0 Å². The zero-order chi connectivity index (χ0) is 17.4. The van der Waals surface area contributed by atoms with Crippen molar-refractivity contribution in [2.75, 3.05) is 13.1 Å². The van der Waals surface area contributed by atoms with Crippen LogP contribution in [0.25, 0.3) is 10.2 Å². The average Bonchev–Trinajstić information content (AvgIpc) is 3.24. The molecule has 25 heavy (non-hydrogen) atoms. The van der Waals surface area contributed by atoms with Gasteiger partial charge in [-0.05, 0) is 43.3 Å². The molecule has 7 nitrogen and oxygen atoms in total. The lowest BCUT2D eigenvalue weighted by Crippen LogP contribution is -2.36. The smallest absolute Gasteiger partial charge is 0.268 e. The maximum atomic E-state index is 12.1. The number of aliphatic hydroxyl groups excluding tert-OH is 1. The van der Waals surface area contributed by atoms with Gasteiger partial charge in [0.05, 0.1) is 12.1 Å². The molecule has 3 aromatic heterocycles. The van der Waals surface area contributed by atoms with E-state index in [1.165, 1.54) is 11.3 Å². The van der Waals surface area contributed by atoms with Gasteiger partial charge in [0.15, 0.2) is 0 Å². The van der Waals surface area contributed by atoms with Crippen LogP contribution in [0.3, 0.4) is 0 Å². The Morgan fingerprint density at radius 1 is 1.44 bits per heavy atom. The van der Waals surface area contributed by atoms with E-state index in [9.17, 15) is 9.90 Å². The second-order valence-electron chi connectivity index (χ2n) is 6.60. The molecule has 1 fully saturated rings. The first kappa shape index (κ1) is 16.4. The van der Waals surface area contributed by atoms with Crippen LogP contribution in [0.2, 0.25) is 0 Å². The Morgan fingerprint density at radius 2 is 2.24 bits per heavy atom. The molecule has 0 aliphatic carbocycles. The highest BCUT2D eigenvalue weighted by molar-refractivity contribution is 7.17. The topological polar surface area (TPSA) is 87.0 Å². The van der Waals surface area contributed by atoms with Gasteiger partial charge >= 0.3 is 0 Å². The van der Waals surface area contributed by atoms with Gasteiger partial charge in [-0.25, -0.2) is 9.97 Å². The maximum Gasteiger partial charge on any atom is 0.268 e. The van der Waals surface area contributed by atoms with E-state index >= 15 is 0 Å². The van der Waals surface area contributed by atoms with Crippen LogP contribution in [0.5, 0.6) is 0 Å². The Hall–Kier alpha value is -2.03. The van der Waals surface area contributed by atoms with Crippen LogP contribution < -0.4 is 5.56 Å². The van der Waals surface area contributed by atoms with Gasteiger partial charge in [-0.1, -0.05) is 0 Å². The van der Waals surface area contributed by atoms with Crippen molar-refractivity contribution < 1.29 is 5.11 Å². The average molecular weight is 359 g/mol. The van der Waals surface area contributed by atoms with Crippen LogP contribution in [-0.2, 0) is 13.6 Å². The van der Waals surface area contributed by atoms with Crippen molar-refractivity contribution in [1.29, 1.82) is 0 Å². The number of imidazole rings is 1. The van der Waals surface area contributed by atoms with Crippen LogP contribution in [0.4, 0.5) is 0 Å². The zero-order valence-electron chi connectivity index (χ0n) is 14.1. The fourth-order valence-electron chi connectivity index (χ4n) is 3.51. The molecular formula is C17H21N5O2S. The van der Waals surface area contributed by atoms with Gasteiger partial charge in [0.25, 0.3) is 5.56 Å². The number of aliphatic hydroxyl groups is 1. The van der Waals surface area contributed by atoms with E-state index in [0.717, 1.165) is 37.3 Å². The predicted octanol–water partition coefficient (Wildman–Crippen LogP) is 1.66. The largest absolute Gasteiger partial charge is 0.385 e. The summed E-state index contributed by atoms with van der Waals surface area (Å²) in [5.41, 5.74) is 0.707. The first-order chi connectivity index (χ1) is 12.1. The number of fused-ring (bicyclic) bond motifs is 1. The van der Waals surface area contributed by atoms with Crippen LogP contribution in [-0.4, -0.2) is 42.6 Å². The number of rotatable bonds is 4. The Labute approximate surface area is 149 Å². The fourth-order valence-corrected chi connectivity index (χ4v) is 4.23. The van der Waals surface area contributed by atoms with Crippen molar-refractivity contribution in [3.05, 3.63) is 45.8 Å². The van der Waals surface area contributed by atoms with Gasteiger partial charge in [0.1, 0.15) is 22.5 Å². The lowest BCUT2D eigenvalue weighted by atomic mass is 9.90. The summed E-state index contributed by atoms with van der Waals surface area (Å²) >= 11 is 1.42. The molecule has 132 valence electrons. The van der Waals surface area contributed by atoms with Crippen molar-refractivity contribution in [3.8, 4) is 0 Å².